The summed E-state index contributed by atoms with van der Waals surface area (Å²) in [5, 5.41) is 3.68. The van der Waals surface area contributed by atoms with Crippen LogP contribution in [0.5, 0.6) is 0 Å². The Morgan fingerprint density at radius 1 is 1.00 bits per heavy atom. The zero-order valence-electron chi connectivity index (χ0n) is 22.6. The first-order valence-electron chi connectivity index (χ1n) is 13.1. The van der Waals surface area contributed by atoms with Crippen molar-refractivity contribution in [1.82, 2.24) is 19.7 Å². The van der Waals surface area contributed by atoms with E-state index in [9.17, 15) is 9.59 Å². The zero-order chi connectivity index (χ0) is 27.3. The fourth-order valence-electron chi connectivity index (χ4n) is 4.25. The minimum Gasteiger partial charge on any atom is -0.385 e. The number of methoxy groups -OCH3 is 1. The van der Waals surface area contributed by atoms with Crippen molar-refractivity contribution in [2.75, 3.05) is 33.4 Å². The molecule has 0 unspecified atom stereocenters. The number of nitrogens with zero attached hydrogens (tertiary/aromatic N) is 3. The number of hydrogen-bond acceptors (Lipinski definition) is 3. The minimum atomic E-state index is -0.259. The van der Waals surface area contributed by atoms with E-state index in [0.717, 1.165) is 21.8 Å². The molecule has 0 saturated carbocycles. The predicted molar refractivity (Wildman–Crippen MR) is 152 cm³/mol. The van der Waals surface area contributed by atoms with E-state index in [2.05, 4.69) is 23.7 Å². The third-order valence-corrected chi connectivity index (χ3v) is 6.56. The molecule has 7 nitrogen and oxygen atoms in total. The molecular weight excluding hydrogens is 500 g/mol. The lowest BCUT2D eigenvalue weighted by Crippen LogP contribution is -2.47. The van der Waals surface area contributed by atoms with Crippen molar-refractivity contribution >= 4 is 23.5 Å². The first-order chi connectivity index (χ1) is 18.4. The fourth-order valence-corrected chi connectivity index (χ4v) is 4.44. The third kappa shape index (κ3) is 9.23. The molecule has 0 spiro atoms. The van der Waals surface area contributed by atoms with Gasteiger partial charge in [-0.15, -0.1) is 0 Å². The Balaban J connectivity index is 1.71. The summed E-state index contributed by atoms with van der Waals surface area (Å²) in [4.78, 5) is 30.1. The molecule has 0 fully saturated rings. The molecule has 0 radical (unpaired) electrons. The van der Waals surface area contributed by atoms with Crippen LogP contribution in [0, 0.1) is 5.92 Å². The van der Waals surface area contributed by atoms with Gasteiger partial charge >= 0.3 is 6.03 Å². The van der Waals surface area contributed by atoms with Crippen LogP contribution < -0.4 is 5.32 Å². The Bertz CT molecular complexity index is 1150. The highest BCUT2D eigenvalue weighted by Crippen LogP contribution is 2.18. The smallest absolute Gasteiger partial charge is 0.318 e. The number of ether oxygens (including phenoxy) is 1. The van der Waals surface area contributed by atoms with E-state index in [4.69, 9.17) is 16.3 Å². The van der Waals surface area contributed by atoms with Gasteiger partial charge in [0.25, 0.3) is 0 Å². The number of aromatic nitrogens is 1. The maximum Gasteiger partial charge on any atom is 0.318 e. The summed E-state index contributed by atoms with van der Waals surface area (Å²) in [6, 6.07) is 21.3. The number of benzene rings is 2. The summed E-state index contributed by atoms with van der Waals surface area (Å²) >= 11 is 6.39. The average Bonchev–Trinajstić information content (AvgIpc) is 3.34. The quantitative estimate of drug-likeness (QED) is 0.279. The average molecular weight is 539 g/mol. The molecule has 3 amide bonds. The van der Waals surface area contributed by atoms with Gasteiger partial charge in [-0.2, -0.15) is 0 Å². The Hall–Kier alpha value is -3.29. The molecule has 1 aromatic heterocycles. The second kappa shape index (κ2) is 15.2. The Labute approximate surface area is 231 Å². The number of rotatable bonds is 14. The van der Waals surface area contributed by atoms with Crippen molar-refractivity contribution < 1.29 is 14.3 Å². The van der Waals surface area contributed by atoms with Crippen LogP contribution >= 0.6 is 11.6 Å². The van der Waals surface area contributed by atoms with Gasteiger partial charge in [-0.1, -0.05) is 74.0 Å². The zero-order valence-corrected chi connectivity index (χ0v) is 23.4. The van der Waals surface area contributed by atoms with Crippen LogP contribution in [0.25, 0.3) is 0 Å². The van der Waals surface area contributed by atoms with Crippen LogP contribution in [0.1, 0.15) is 37.1 Å². The number of urea groups is 1. The molecule has 0 saturated heterocycles. The lowest BCUT2D eigenvalue weighted by molar-refractivity contribution is -0.133. The van der Waals surface area contributed by atoms with Crippen molar-refractivity contribution in [3.8, 4) is 0 Å². The second-order valence-corrected chi connectivity index (χ2v) is 10.2. The lowest BCUT2D eigenvalue weighted by Gasteiger charge is -2.29. The van der Waals surface area contributed by atoms with E-state index < -0.39 is 0 Å². The normalized spacial score (nSPS) is 11.0. The highest BCUT2D eigenvalue weighted by molar-refractivity contribution is 6.31. The number of carbonyl (C=O) groups is 2. The standard InChI is InChI=1S/C30H39ClN4O3/c1-24(2)20-35(22-27-14-9-16-33(27)21-26-13-7-8-15-28(26)31)29(36)23-34(17-10-18-38-3)30(37)32-19-25-11-5-4-6-12-25/h4-9,11-16,24H,10,17-23H2,1-3H3,(H,32,37). The molecule has 8 heteroatoms. The van der Waals surface area contributed by atoms with Gasteiger partial charge in [-0.25, -0.2) is 4.79 Å². The molecular formula is C30H39ClN4O3. The van der Waals surface area contributed by atoms with Gasteiger partial charge < -0.3 is 24.4 Å². The summed E-state index contributed by atoms with van der Waals surface area (Å²) in [5.41, 5.74) is 3.04. The van der Waals surface area contributed by atoms with E-state index in [1.165, 1.54) is 0 Å². The largest absolute Gasteiger partial charge is 0.385 e. The van der Waals surface area contributed by atoms with Gasteiger partial charge in [0, 0.05) is 56.8 Å². The van der Waals surface area contributed by atoms with E-state index in [1.54, 1.807) is 12.0 Å². The van der Waals surface area contributed by atoms with E-state index in [-0.39, 0.29) is 24.4 Å². The highest BCUT2D eigenvalue weighted by Gasteiger charge is 2.23. The molecule has 1 heterocycles. The predicted octanol–water partition coefficient (Wildman–Crippen LogP) is 5.42. The first-order valence-corrected chi connectivity index (χ1v) is 13.5. The Kier molecular flexibility index (Phi) is 11.7. The van der Waals surface area contributed by atoms with Crippen molar-refractivity contribution in [3.05, 3.63) is 94.8 Å². The molecule has 3 aromatic rings. The molecule has 0 bridgehead atoms. The van der Waals surface area contributed by atoms with Gasteiger partial charge in [0.05, 0.1) is 6.54 Å². The molecule has 2 aromatic carbocycles. The maximum absolute atomic E-state index is 13.6. The van der Waals surface area contributed by atoms with Gasteiger partial charge in [0.1, 0.15) is 6.54 Å². The number of hydrogen-bond donors (Lipinski definition) is 1. The summed E-state index contributed by atoms with van der Waals surface area (Å²) in [6.45, 7) is 7.19. The third-order valence-electron chi connectivity index (χ3n) is 6.19. The Morgan fingerprint density at radius 3 is 2.45 bits per heavy atom. The number of nitrogens with one attached hydrogen (secondary N) is 1. The van der Waals surface area contributed by atoms with Gasteiger partial charge in [0.15, 0.2) is 0 Å². The van der Waals surface area contributed by atoms with Crippen LogP contribution in [0.4, 0.5) is 4.79 Å². The van der Waals surface area contributed by atoms with Gasteiger partial charge in [-0.05, 0) is 41.7 Å². The Morgan fingerprint density at radius 2 is 1.74 bits per heavy atom. The topological polar surface area (TPSA) is 66.8 Å². The monoisotopic (exact) mass is 538 g/mol. The highest BCUT2D eigenvalue weighted by atomic mass is 35.5. The molecule has 0 aliphatic heterocycles. The first kappa shape index (κ1) is 29.3. The molecule has 0 aliphatic carbocycles. The number of carbonyl (C=O) groups excluding carboxylic acids is 2. The van der Waals surface area contributed by atoms with Gasteiger partial charge in [-0.3, -0.25) is 4.79 Å². The number of amides is 3. The second-order valence-electron chi connectivity index (χ2n) is 9.80. The fraction of sp³-hybridized carbons (Fsp3) is 0.400. The lowest BCUT2D eigenvalue weighted by atomic mass is 10.2. The van der Waals surface area contributed by atoms with Crippen LogP contribution in [-0.2, 0) is 29.2 Å². The van der Waals surface area contributed by atoms with Crippen molar-refractivity contribution in [1.29, 1.82) is 0 Å². The summed E-state index contributed by atoms with van der Waals surface area (Å²) in [7, 11) is 1.63. The van der Waals surface area contributed by atoms with E-state index in [1.807, 2.05) is 77.8 Å². The van der Waals surface area contributed by atoms with E-state index in [0.29, 0.717) is 45.8 Å². The van der Waals surface area contributed by atoms with Crippen LogP contribution in [-0.4, -0.2) is 59.7 Å². The SMILES string of the molecule is COCCCN(CC(=O)N(Cc1cccn1Cc1ccccc1Cl)CC(C)C)C(=O)NCc1ccccc1. The van der Waals surface area contributed by atoms with Crippen LogP contribution in [0.2, 0.25) is 5.02 Å². The molecule has 204 valence electrons. The summed E-state index contributed by atoms with van der Waals surface area (Å²) < 4.78 is 7.30. The van der Waals surface area contributed by atoms with E-state index >= 15 is 0 Å². The molecule has 0 atom stereocenters. The summed E-state index contributed by atoms with van der Waals surface area (Å²) in [5.74, 6) is 0.191. The van der Waals surface area contributed by atoms with Crippen LogP contribution in [0.3, 0.4) is 0 Å². The molecule has 3 rings (SSSR count). The van der Waals surface area contributed by atoms with Crippen molar-refractivity contribution in [2.24, 2.45) is 5.92 Å². The molecule has 1 N–H and O–H groups in total. The van der Waals surface area contributed by atoms with Gasteiger partial charge in [0.2, 0.25) is 5.91 Å². The van der Waals surface area contributed by atoms with Crippen LogP contribution in [0.15, 0.2) is 72.9 Å². The van der Waals surface area contributed by atoms with Crippen molar-refractivity contribution in [3.63, 3.8) is 0 Å². The minimum absolute atomic E-state index is 0.00226. The maximum atomic E-state index is 13.6. The molecule has 0 aliphatic rings. The molecule has 38 heavy (non-hydrogen) atoms. The number of halogens is 1. The summed E-state index contributed by atoms with van der Waals surface area (Å²) in [6.07, 6.45) is 2.65. The van der Waals surface area contributed by atoms with Crippen molar-refractivity contribution in [2.45, 2.75) is 39.9 Å².